The zero-order valence-corrected chi connectivity index (χ0v) is 75.8. The molecule has 5 aromatic carbocycles. The summed E-state index contributed by atoms with van der Waals surface area (Å²) in [6.07, 6.45) is 23.1. The molecule has 10 aliphatic rings. The van der Waals surface area contributed by atoms with E-state index in [4.69, 9.17) is 0 Å². The minimum Gasteiger partial charge on any atom is -0.294 e. The van der Waals surface area contributed by atoms with Crippen molar-refractivity contribution in [3.8, 4) is 0 Å². The first-order chi connectivity index (χ1) is 58.5. The van der Waals surface area contributed by atoms with E-state index in [9.17, 15) is 24.0 Å². The summed E-state index contributed by atoms with van der Waals surface area (Å²) in [6.45, 7) is 22.1. The highest BCUT2D eigenvalue weighted by Gasteiger charge is 2.55. The number of carbonyl (C=O) groups excluding carboxylic acids is 5. The van der Waals surface area contributed by atoms with Gasteiger partial charge in [0.25, 0.3) is 0 Å². The minimum absolute atomic E-state index is 0.291. The zero-order valence-electron chi connectivity index (χ0n) is 71.7. The number of allylic oxidation sites excluding steroid dienone is 10. The third-order valence-electron chi connectivity index (χ3n) is 29.3. The lowest BCUT2D eigenvalue weighted by Gasteiger charge is -2.42. The quantitative estimate of drug-likeness (QED) is 0.0970. The number of hydrogen-bond acceptors (Lipinski definition) is 15. The predicted octanol–water partition coefficient (Wildman–Crippen LogP) is 25.4. The van der Waals surface area contributed by atoms with Gasteiger partial charge in [0.1, 0.15) is 0 Å². The number of aromatic nitrogens is 5. The number of rotatable bonds is 15. The summed E-state index contributed by atoms with van der Waals surface area (Å²) in [5, 5.41) is 0. The van der Waals surface area contributed by atoms with Crippen LogP contribution in [0.1, 0.15) is 278 Å². The van der Waals surface area contributed by atoms with Crippen molar-refractivity contribution < 1.29 is 24.0 Å². The number of benzene rings is 5. The lowest BCUT2D eigenvalue weighted by atomic mass is 9.61. The van der Waals surface area contributed by atoms with Gasteiger partial charge in [-0.05, 0) is 122 Å². The van der Waals surface area contributed by atoms with Gasteiger partial charge in [0, 0.05) is 116 Å². The molecule has 0 radical (unpaired) electrons. The maximum atomic E-state index is 13.2. The zero-order chi connectivity index (χ0) is 83.7. The summed E-state index contributed by atoms with van der Waals surface area (Å²) in [5.41, 5.74) is 32.7. The number of ketones is 5. The Hall–Kier alpha value is -8.70. The molecule has 620 valence electrons. The van der Waals surface area contributed by atoms with E-state index in [1.165, 1.54) is 109 Å². The van der Waals surface area contributed by atoms with Crippen molar-refractivity contribution in [2.24, 2.45) is 29.6 Å². The smallest absolute Gasteiger partial charge is 0.160 e. The Morgan fingerprint density at radius 2 is 0.400 bits per heavy atom. The van der Waals surface area contributed by atoms with E-state index in [0.717, 1.165) is 156 Å². The van der Waals surface area contributed by atoms with Crippen LogP contribution in [0.3, 0.4) is 0 Å². The van der Waals surface area contributed by atoms with Crippen molar-refractivity contribution in [3.05, 3.63) is 316 Å². The standard InChI is InChI=1S/5C21H23NOS/c5*1-3-14-10-15-12-17-20(24-13-22-17)21(4-2,19(15)18(23)11-14)16-8-6-5-7-9-16/h5*5-9,13-14H,3-4,10-12H2,1-2H3/t2*14-,21+;2*14-,21-;/m1010./s1. The molecular weight excluding hydrogens is 1570 g/mol. The first kappa shape index (κ1) is 84.9. The van der Waals surface area contributed by atoms with Gasteiger partial charge in [-0.2, -0.15) is 0 Å². The average molecular weight is 1690 g/mol. The lowest BCUT2D eigenvalue weighted by Crippen LogP contribution is -2.40. The van der Waals surface area contributed by atoms with Gasteiger partial charge in [0.2, 0.25) is 0 Å². The van der Waals surface area contributed by atoms with E-state index in [1.807, 2.05) is 57.9 Å². The molecular formula is C105H115N5O5S5. The van der Waals surface area contributed by atoms with E-state index >= 15 is 0 Å². The Balaban J connectivity index is 0.000000112. The molecule has 10 aromatic rings. The Morgan fingerprint density at radius 1 is 0.242 bits per heavy atom. The third-order valence-corrected chi connectivity index (χ3v) is 34.4. The fourth-order valence-electron chi connectivity index (χ4n) is 23.4. The van der Waals surface area contributed by atoms with Crippen molar-refractivity contribution in [1.82, 2.24) is 24.9 Å². The molecule has 0 saturated carbocycles. The SMILES string of the molecule is CCC1CC(=O)C2=C(Cc3ncsc3C2(CC)c2ccccc2)C1.CC[C@@H]1CC(=O)C2=C(Cc3ncsc3[C@@]2(CC)c2ccccc2)C1.CC[C@@H]1CC(=O)C2=C(Cc3ncsc3[C@]2(CC)c2ccccc2)C1.CC[C@H]1CC(=O)C2=C(Cc3ncsc3[C@@]2(CC)c2ccccc2)C1.CC[C@H]1CC(=O)C2=C(Cc3ncsc3[C@]2(CC)c2ccccc2)C1. The number of thiazole rings is 5. The van der Waals surface area contributed by atoms with Gasteiger partial charge >= 0.3 is 0 Å². The second-order valence-corrected chi connectivity index (χ2v) is 39.3. The van der Waals surface area contributed by atoms with Gasteiger partial charge in [-0.25, -0.2) is 24.9 Å². The molecule has 0 aliphatic heterocycles. The molecule has 0 spiro atoms. The monoisotopic (exact) mass is 1690 g/mol. The van der Waals surface area contributed by atoms with Crippen molar-refractivity contribution >= 4 is 85.6 Å². The molecule has 10 aliphatic carbocycles. The average Bonchev–Trinajstić information content (AvgIpc) is 1.40. The Bertz CT molecular complexity index is 4820. The van der Waals surface area contributed by atoms with Crippen molar-refractivity contribution in [1.29, 1.82) is 0 Å². The molecule has 0 amide bonds. The van der Waals surface area contributed by atoms with Crippen LogP contribution in [-0.4, -0.2) is 53.8 Å². The van der Waals surface area contributed by atoms with E-state index < -0.39 is 0 Å². The second kappa shape index (κ2) is 36.0. The summed E-state index contributed by atoms with van der Waals surface area (Å²) in [4.78, 5) is 95.8. The molecule has 10 nitrogen and oxygen atoms in total. The first-order valence-electron chi connectivity index (χ1n) is 44.7. The lowest BCUT2D eigenvalue weighted by molar-refractivity contribution is -0.118. The van der Waals surface area contributed by atoms with Crippen LogP contribution in [0.25, 0.3) is 0 Å². The summed E-state index contributed by atoms with van der Waals surface area (Å²) >= 11 is 8.59. The maximum absolute atomic E-state index is 13.2. The molecule has 10 atom stereocenters. The third kappa shape index (κ3) is 14.6. The van der Waals surface area contributed by atoms with Crippen LogP contribution in [0.5, 0.6) is 0 Å². The van der Waals surface area contributed by atoms with Crippen LogP contribution in [0.2, 0.25) is 0 Å². The number of fused-ring (bicyclic) bond motifs is 5. The fraction of sp³-hybridized carbons (Fsp3) is 0.429. The highest BCUT2D eigenvalue weighted by atomic mass is 32.1. The van der Waals surface area contributed by atoms with Crippen LogP contribution in [-0.2, 0) is 83.2 Å². The Morgan fingerprint density at radius 3 is 0.542 bits per heavy atom. The molecule has 0 fully saturated rings. The largest absolute Gasteiger partial charge is 0.294 e. The van der Waals surface area contributed by atoms with E-state index in [2.05, 4.69) is 215 Å². The molecule has 120 heavy (non-hydrogen) atoms. The summed E-state index contributed by atoms with van der Waals surface area (Å²) in [6, 6.07) is 53.0. The number of carbonyl (C=O) groups is 5. The highest BCUT2D eigenvalue weighted by Crippen LogP contribution is 2.60. The second-order valence-electron chi connectivity index (χ2n) is 35.1. The van der Waals surface area contributed by atoms with Gasteiger partial charge < -0.3 is 0 Å². The Labute approximate surface area is 730 Å². The molecule has 0 saturated heterocycles. The molecule has 20 rings (SSSR count). The van der Waals surface area contributed by atoms with Gasteiger partial charge in [0.15, 0.2) is 28.9 Å². The van der Waals surface area contributed by atoms with Crippen LogP contribution < -0.4 is 0 Å². The van der Waals surface area contributed by atoms with Gasteiger partial charge in [-0.3, -0.25) is 24.0 Å². The fourth-order valence-corrected chi connectivity index (χ4v) is 28.9. The van der Waals surface area contributed by atoms with Crippen LogP contribution >= 0.6 is 56.7 Å². The summed E-state index contributed by atoms with van der Waals surface area (Å²) < 4.78 is 0. The minimum atomic E-state index is -0.291. The molecule has 2 unspecified atom stereocenters. The van der Waals surface area contributed by atoms with Crippen molar-refractivity contribution in [3.63, 3.8) is 0 Å². The van der Waals surface area contributed by atoms with E-state index in [1.54, 1.807) is 56.7 Å². The summed E-state index contributed by atoms with van der Waals surface area (Å²) in [5.74, 6) is 4.35. The number of nitrogens with zero attached hydrogens (tertiary/aromatic N) is 5. The summed E-state index contributed by atoms with van der Waals surface area (Å²) in [7, 11) is 0. The Kier molecular flexibility index (Phi) is 25.5. The van der Waals surface area contributed by atoms with Crippen LogP contribution in [0, 0.1) is 29.6 Å². The maximum Gasteiger partial charge on any atom is 0.160 e. The molecule has 0 bridgehead atoms. The predicted molar refractivity (Wildman–Crippen MR) is 492 cm³/mol. The van der Waals surface area contributed by atoms with E-state index in [-0.39, 0.29) is 27.1 Å². The molecule has 5 heterocycles. The highest BCUT2D eigenvalue weighted by molar-refractivity contribution is 7.11. The molecule has 15 heteroatoms. The van der Waals surface area contributed by atoms with Gasteiger partial charge in [-0.1, -0.05) is 281 Å². The number of hydrogen-bond donors (Lipinski definition) is 0. The van der Waals surface area contributed by atoms with Crippen LogP contribution in [0.15, 0.2) is 235 Å². The van der Waals surface area contributed by atoms with Gasteiger partial charge in [-0.15, -0.1) is 56.7 Å². The van der Waals surface area contributed by atoms with Gasteiger partial charge in [0.05, 0.1) is 83.1 Å². The van der Waals surface area contributed by atoms with Crippen molar-refractivity contribution in [2.75, 3.05) is 0 Å². The molecule has 0 N–H and O–H groups in total. The van der Waals surface area contributed by atoms with Crippen LogP contribution in [0.4, 0.5) is 0 Å². The van der Waals surface area contributed by atoms with Crippen molar-refractivity contribution in [2.45, 2.75) is 257 Å². The van der Waals surface area contributed by atoms with E-state index in [0.29, 0.717) is 90.6 Å². The first-order valence-corrected chi connectivity index (χ1v) is 49.1. The normalized spacial score (nSPS) is 26.2. The number of Topliss-reactive ketones (excluding diaryl/α,β-unsaturated/α-hetero) is 5. The topological polar surface area (TPSA) is 150 Å². The molecule has 5 aromatic heterocycles.